The molecule has 4 rings (SSSR count). The molecular formula is C33H58O. The first-order valence-electron chi connectivity index (χ1n) is 15.6. The average molecular weight is 471 g/mol. The van der Waals surface area contributed by atoms with Crippen molar-refractivity contribution in [2.75, 3.05) is 6.61 Å². The van der Waals surface area contributed by atoms with Crippen LogP contribution in [0.2, 0.25) is 0 Å². The lowest BCUT2D eigenvalue weighted by molar-refractivity contribution is -0.0529. The Morgan fingerprint density at radius 1 is 0.882 bits per heavy atom. The van der Waals surface area contributed by atoms with E-state index in [-0.39, 0.29) is 0 Å². The van der Waals surface area contributed by atoms with Crippen LogP contribution in [0, 0.1) is 52.3 Å². The molecule has 3 fully saturated rings. The van der Waals surface area contributed by atoms with Gasteiger partial charge >= 0.3 is 0 Å². The van der Waals surface area contributed by atoms with Crippen molar-refractivity contribution >= 4 is 0 Å². The standard InChI is InChI=1S/C33H58O/c1-24(2)11-10-12-25(3)29-16-17-30-28-15-14-27-23-26(13-8-6-7-9-22-34)18-20-32(27,4)31(28)19-21-33(29,30)5/h14,24-26,28-31,34H,6-13,15-23H2,1-5H3. The highest BCUT2D eigenvalue weighted by Gasteiger charge is 2.59. The molecule has 8 unspecified atom stereocenters. The summed E-state index contributed by atoms with van der Waals surface area (Å²) in [4.78, 5) is 0. The molecule has 0 aromatic carbocycles. The van der Waals surface area contributed by atoms with Gasteiger partial charge in [0.15, 0.2) is 0 Å². The summed E-state index contributed by atoms with van der Waals surface area (Å²) in [6, 6.07) is 0. The van der Waals surface area contributed by atoms with Gasteiger partial charge in [0.05, 0.1) is 0 Å². The number of fused-ring (bicyclic) bond motifs is 5. The van der Waals surface area contributed by atoms with Gasteiger partial charge in [-0.2, -0.15) is 0 Å². The molecule has 3 saturated carbocycles. The van der Waals surface area contributed by atoms with Gasteiger partial charge in [-0.05, 0) is 110 Å². The summed E-state index contributed by atoms with van der Waals surface area (Å²) >= 11 is 0. The van der Waals surface area contributed by atoms with Crippen molar-refractivity contribution in [1.82, 2.24) is 0 Å². The minimum absolute atomic E-state index is 0.370. The molecule has 34 heavy (non-hydrogen) atoms. The van der Waals surface area contributed by atoms with Crippen molar-refractivity contribution in [3.8, 4) is 0 Å². The molecule has 0 aromatic rings. The van der Waals surface area contributed by atoms with Gasteiger partial charge in [0.25, 0.3) is 0 Å². The molecule has 8 atom stereocenters. The summed E-state index contributed by atoms with van der Waals surface area (Å²) in [5, 5.41) is 9.03. The quantitative estimate of drug-likeness (QED) is 0.235. The molecule has 0 bridgehead atoms. The number of hydrogen-bond acceptors (Lipinski definition) is 1. The van der Waals surface area contributed by atoms with Crippen LogP contribution in [0.4, 0.5) is 0 Å². The SMILES string of the molecule is CC(C)CCCC(C)C1CCC2C3CC=C4CC(CCCCCCO)CCC4(C)C3CCC12C. The van der Waals surface area contributed by atoms with Gasteiger partial charge in [0.1, 0.15) is 0 Å². The second-order valence-electron chi connectivity index (χ2n) is 14.3. The molecule has 0 amide bonds. The second-order valence-corrected chi connectivity index (χ2v) is 14.3. The zero-order chi connectivity index (χ0) is 24.3. The number of aliphatic hydroxyl groups excluding tert-OH is 1. The van der Waals surface area contributed by atoms with Crippen molar-refractivity contribution in [3.05, 3.63) is 11.6 Å². The number of unbranched alkanes of at least 4 members (excludes halogenated alkanes) is 3. The molecule has 1 N–H and O–H groups in total. The van der Waals surface area contributed by atoms with Gasteiger partial charge in [-0.15, -0.1) is 0 Å². The summed E-state index contributed by atoms with van der Waals surface area (Å²) in [5.41, 5.74) is 3.00. The van der Waals surface area contributed by atoms with Crippen LogP contribution in [0.25, 0.3) is 0 Å². The Hall–Kier alpha value is -0.300. The monoisotopic (exact) mass is 470 g/mol. The Kier molecular flexibility index (Phi) is 8.97. The number of hydrogen-bond donors (Lipinski definition) is 1. The van der Waals surface area contributed by atoms with E-state index in [2.05, 4.69) is 40.7 Å². The minimum atomic E-state index is 0.370. The van der Waals surface area contributed by atoms with Gasteiger partial charge in [-0.1, -0.05) is 91.2 Å². The van der Waals surface area contributed by atoms with Crippen molar-refractivity contribution in [3.63, 3.8) is 0 Å². The number of rotatable bonds is 11. The molecule has 4 aliphatic carbocycles. The van der Waals surface area contributed by atoms with Crippen molar-refractivity contribution in [2.45, 2.75) is 137 Å². The molecule has 0 radical (unpaired) electrons. The van der Waals surface area contributed by atoms with Crippen LogP contribution in [-0.2, 0) is 0 Å². The maximum atomic E-state index is 9.03. The van der Waals surface area contributed by atoms with Crippen LogP contribution in [-0.4, -0.2) is 11.7 Å². The predicted molar refractivity (Wildman–Crippen MR) is 147 cm³/mol. The summed E-state index contributed by atoms with van der Waals surface area (Å²) in [6.07, 6.45) is 25.2. The fourth-order valence-corrected chi connectivity index (χ4v) is 9.91. The molecule has 0 aromatic heterocycles. The fourth-order valence-electron chi connectivity index (χ4n) is 9.91. The maximum absolute atomic E-state index is 9.03. The minimum Gasteiger partial charge on any atom is -0.396 e. The molecule has 0 saturated heterocycles. The normalized spacial score (nSPS) is 40.4. The van der Waals surface area contributed by atoms with E-state index in [1.54, 1.807) is 0 Å². The third kappa shape index (κ3) is 5.35. The van der Waals surface area contributed by atoms with Gasteiger partial charge < -0.3 is 5.11 Å². The van der Waals surface area contributed by atoms with E-state index < -0.39 is 0 Å². The molecule has 0 aliphatic heterocycles. The molecule has 0 spiro atoms. The first kappa shape index (κ1) is 26.8. The Morgan fingerprint density at radius 3 is 2.44 bits per heavy atom. The molecule has 196 valence electrons. The molecular weight excluding hydrogens is 412 g/mol. The van der Waals surface area contributed by atoms with Gasteiger partial charge in [0.2, 0.25) is 0 Å². The topological polar surface area (TPSA) is 20.2 Å². The summed E-state index contributed by atoms with van der Waals surface area (Å²) < 4.78 is 0. The number of aliphatic hydroxyl groups is 1. The van der Waals surface area contributed by atoms with Gasteiger partial charge in [-0.25, -0.2) is 0 Å². The van der Waals surface area contributed by atoms with Gasteiger partial charge in [0, 0.05) is 6.61 Å². The first-order valence-corrected chi connectivity index (χ1v) is 15.6. The fraction of sp³-hybridized carbons (Fsp3) is 0.939. The summed E-state index contributed by atoms with van der Waals surface area (Å²) in [5.74, 6) is 6.61. The Balaban J connectivity index is 1.37. The van der Waals surface area contributed by atoms with Gasteiger partial charge in [-0.3, -0.25) is 0 Å². The van der Waals surface area contributed by atoms with E-state index in [0.29, 0.717) is 17.4 Å². The zero-order valence-corrected chi connectivity index (χ0v) is 23.6. The Bertz CT molecular complexity index is 678. The van der Waals surface area contributed by atoms with Crippen molar-refractivity contribution in [1.29, 1.82) is 0 Å². The van der Waals surface area contributed by atoms with E-state index in [1.165, 1.54) is 96.3 Å². The largest absolute Gasteiger partial charge is 0.396 e. The second kappa shape index (κ2) is 11.4. The highest BCUT2D eigenvalue weighted by atomic mass is 16.2. The van der Waals surface area contributed by atoms with E-state index in [0.717, 1.165) is 47.8 Å². The summed E-state index contributed by atoms with van der Waals surface area (Å²) in [6.45, 7) is 13.2. The smallest absolute Gasteiger partial charge is 0.0431 e. The average Bonchev–Trinajstić information content (AvgIpc) is 3.16. The lowest BCUT2D eigenvalue weighted by Crippen LogP contribution is -2.50. The van der Waals surface area contributed by atoms with E-state index >= 15 is 0 Å². The zero-order valence-electron chi connectivity index (χ0n) is 23.6. The molecule has 1 heteroatoms. The predicted octanol–water partition coefficient (Wildman–Crippen LogP) is 9.59. The molecule has 1 nitrogen and oxygen atoms in total. The molecule has 4 aliphatic rings. The highest BCUT2D eigenvalue weighted by Crippen LogP contribution is 2.67. The van der Waals surface area contributed by atoms with E-state index in [4.69, 9.17) is 5.11 Å². The van der Waals surface area contributed by atoms with Crippen molar-refractivity contribution in [2.24, 2.45) is 52.3 Å². The Morgan fingerprint density at radius 2 is 1.68 bits per heavy atom. The van der Waals surface area contributed by atoms with E-state index in [9.17, 15) is 0 Å². The number of allylic oxidation sites excluding steroid dienone is 2. The first-order chi connectivity index (χ1) is 16.3. The van der Waals surface area contributed by atoms with Crippen LogP contribution >= 0.6 is 0 Å². The highest BCUT2D eigenvalue weighted by molar-refractivity contribution is 5.25. The van der Waals surface area contributed by atoms with Crippen LogP contribution in [0.15, 0.2) is 11.6 Å². The third-order valence-electron chi connectivity index (χ3n) is 11.9. The lowest BCUT2D eigenvalue weighted by atomic mass is 9.46. The molecule has 0 heterocycles. The summed E-state index contributed by atoms with van der Waals surface area (Å²) in [7, 11) is 0. The lowest BCUT2D eigenvalue weighted by Gasteiger charge is -2.58. The Labute approximate surface area is 212 Å². The van der Waals surface area contributed by atoms with Crippen molar-refractivity contribution < 1.29 is 5.11 Å². The maximum Gasteiger partial charge on any atom is 0.0431 e. The van der Waals surface area contributed by atoms with Crippen LogP contribution < -0.4 is 0 Å². The van der Waals surface area contributed by atoms with Crippen LogP contribution in [0.1, 0.15) is 137 Å². The van der Waals surface area contributed by atoms with Crippen LogP contribution in [0.3, 0.4) is 0 Å². The third-order valence-corrected chi connectivity index (χ3v) is 11.9. The van der Waals surface area contributed by atoms with Crippen LogP contribution in [0.5, 0.6) is 0 Å². The van der Waals surface area contributed by atoms with E-state index in [1.807, 2.05) is 5.57 Å².